The molecule has 1 aliphatic rings. The third-order valence-electron chi connectivity index (χ3n) is 7.05. The fourth-order valence-electron chi connectivity index (χ4n) is 4.68. The Morgan fingerprint density at radius 2 is 1.47 bits per heavy atom. The Hall–Kier alpha value is -3.87. The summed E-state index contributed by atoms with van der Waals surface area (Å²) in [4.78, 5) is 39.9. The van der Waals surface area contributed by atoms with E-state index in [9.17, 15) is 29.7 Å². The standard InChI is InChI=1S/C30H35N5O6.2ClH/c31-15-22(36)14-25-30(41)35-24(29(40)33-16-17-4-2-1-3-5-17)13-21-11-19(7-9-27(21)38)18-6-8-26(37)20(10-18)12-23(32)28(39)34-25;;/h1-11,22-25,36-38H,12-16,31-32H2,(H,33,40)(H,34,39)(H,35,41);2*1H/t22-,23+,24+,25+;;/m1../s1. The Morgan fingerprint density at radius 3 is 2.05 bits per heavy atom. The molecule has 0 spiro atoms. The highest BCUT2D eigenvalue weighted by Gasteiger charge is 2.31. The smallest absolute Gasteiger partial charge is 0.243 e. The number of phenols is 2. The van der Waals surface area contributed by atoms with Gasteiger partial charge < -0.3 is 42.7 Å². The average molecular weight is 635 g/mol. The van der Waals surface area contributed by atoms with E-state index in [1.807, 2.05) is 30.3 Å². The van der Waals surface area contributed by atoms with Crippen molar-refractivity contribution in [3.8, 4) is 22.6 Å². The number of rotatable bonds is 6. The second-order valence-corrected chi connectivity index (χ2v) is 10.2. The molecule has 232 valence electrons. The molecule has 0 aromatic heterocycles. The van der Waals surface area contributed by atoms with Gasteiger partial charge in [-0.1, -0.05) is 42.5 Å². The van der Waals surface area contributed by atoms with Gasteiger partial charge in [-0.15, -0.1) is 24.8 Å². The lowest BCUT2D eigenvalue weighted by molar-refractivity contribution is -0.133. The highest BCUT2D eigenvalue weighted by Crippen LogP contribution is 2.31. The van der Waals surface area contributed by atoms with Crippen LogP contribution in [0.5, 0.6) is 11.5 Å². The number of aliphatic hydroxyl groups excluding tert-OH is 1. The number of benzene rings is 3. The van der Waals surface area contributed by atoms with Crippen LogP contribution in [0.2, 0.25) is 0 Å². The molecule has 3 amide bonds. The topological polar surface area (TPSA) is 200 Å². The number of hydrogen-bond acceptors (Lipinski definition) is 8. The predicted molar refractivity (Wildman–Crippen MR) is 167 cm³/mol. The summed E-state index contributed by atoms with van der Waals surface area (Å²) >= 11 is 0. The van der Waals surface area contributed by atoms with E-state index in [2.05, 4.69) is 16.0 Å². The molecule has 0 fully saturated rings. The minimum atomic E-state index is -1.26. The minimum Gasteiger partial charge on any atom is -0.508 e. The molecular weight excluding hydrogens is 597 g/mol. The number of aliphatic hydroxyl groups is 1. The molecular formula is C30H37Cl2N5O6. The molecule has 0 unspecified atom stereocenters. The van der Waals surface area contributed by atoms with Gasteiger partial charge in [0.15, 0.2) is 0 Å². The summed E-state index contributed by atoms with van der Waals surface area (Å²) in [6.45, 7) is 0.0449. The summed E-state index contributed by atoms with van der Waals surface area (Å²) in [5.41, 5.74) is 14.7. The highest BCUT2D eigenvalue weighted by atomic mass is 35.5. The molecule has 0 aliphatic carbocycles. The van der Waals surface area contributed by atoms with Gasteiger partial charge in [-0.25, -0.2) is 0 Å². The van der Waals surface area contributed by atoms with Gasteiger partial charge >= 0.3 is 0 Å². The fraction of sp³-hybridized carbons (Fsp3) is 0.300. The van der Waals surface area contributed by atoms with Gasteiger partial charge in [-0.05, 0) is 52.1 Å². The zero-order valence-corrected chi connectivity index (χ0v) is 24.9. The summed E-state index contributed by atoms with van der Waals surface area (Å²) in [6.07, 6.45) is -1.44. The molecule has 11 nitrogen and oxygen atoms in total. The molecule has 0 radical (unpaired) electrons. The van der Waals surface area contributed by atoms with E-state index < -0.39 is 42.0 Å². The average Bonchev–Trinajstić information content (AvgIpc) is 2.97. The number of halogens is 2. The predicted octanol–water partition coefficient (Wildman–Crippen LogP) is 1.03. The molecule has 4 rings (SSSR count). The van der Waals surface area contributed by atoms with Crippen molar-refractivity contribution in [1.29, 1.82) is 0 Å². The van der Waals surface area contributed by atoms with Crippen molar-refractivity contribution < 1.29 is 29.7 Å². The van der Waals surface area contributed by atoms with Crippen LogP contribution in [0, 0.1) is 0 Å². The van der Waals surface area contributed by atoms with Gasteiger partial charge in [0.2, 0.25) is 17.7 Å². The van der Waals surface area contributed by atoms with Crippen molar-refractivity contribution >= 4 is 42.5 Å². The number of nitrogens with one attached hydrogen (secondary N) is 3. The van der Waals surface area contributed by atoms with E-state index in [0.29, 0.717) is 22.3 Å². The molecule has 43 heavy (non-hydrogen) atoms. The number of carbonyl (C=O) groups excluding carboxylic acids is 3. The van der Waals surface area contributed by atoms with Gasteiger partial charge in [0.1, 0.15) is 23.6 Å². The lowest BCUT2D eigenvalue weighted by Crippen LogP contribution is -2.57. The van der Waals surface area contributed by atoms with E-state index in [1.165, 1.54) is 12.1 Å². The van der Waals surface area contributed by atoms with Crippen LogP contribution in [0.3, 0.4) is 0 Å². The fourth-order valence-corrected chi connectivity index (χ4v) is 4.68. The largest absolute Gasteiger partial charge is 0.508 e. The Balaban J connectivity index is 0.00000323. The van der Waals surface area contributed by atoms with Crippen molar-refractivity contribution in [2.24, 2.45) is 11.5 Å². The first-order valence-corrected chi connectivity index (χ1v) is 13.3. The molecule has 1 aliphatic heterocycles. The summed E-state index contributed by atoms with van der Waals surface area (Å²) in [5.74, 6) is -2.05. The third kappa shape index (κ3) is 9.31. The van der Waals surface area contributed by atoms with E-state index in [1.54, 1.807) is 24.3 Å². The van der Waals surface area contributed by atoms with Crippen LogP contribution in [0.4, 0.5) is 0 Å². The second kappa shape index (κ2) is 16.1. The molecule has 10 N–H and O–H groups in total. The SMILES string of the molecule is Cl.Cl.NC[C@H](O)C[C@@H]1NC(=O)[C@@H](N)Cc2cc(ccc2O)-c2ccc(O)c(c2)C[C@@H](C(=O)NCc2ccccc2)NC1=O. The zero-order valence-electron chi connectivity index (χ0n) is 23.2. The van der Waals surface area contributed by atoms with Crippen LogP contribution in [0.25, 0.3) is 11.1 Å². The van der Waals surface area contributed by atoms with Gasteiger partial charge in [0.05, 0.1) is 12.1 Å². The molecule has 4 bridgehead atoms. The van der Waals surface area contributed by atoms with E-state index in [0.717, 1.165) is 5.56 Å². The number of nitrogens with two attached hydrogens (primary N) is 2. The summed E-state index contributed by atoms with van der Waals surface area (Å²) < 4.78 is 0. The maximum Gasteiger partial charge on any atom is 0.243 e. The minimum absolute atomic E-state index is 0. The van der Waals surface area contributed by atoms with E-state index in [-0.39, 0.29) is 68.7 Å². The van der Waals surface area contributed by atoms with Crippen molar-refractivity contribution in [3.05, 3.63) is 83.4 Å². The molecule has 3 aromatic rings. The van der Waals surface area contributed by atoms with Crippen LogP contribution < -0.4 is 27.4 Å². The molecule has 13 heteroatoms. The van der Waals surface area contributed by atoms with Gasteiger partial charge in [-0.3, -0.25) is 14.4 Å². The van der Waals surface area contributed by atoms with Crippen LogP contribution in [0.1, 0.15) is 23.1 Å². The number of aromatic hydroxyl groups is 2. The summed E-state index contributed by atoms with van der Waals surface area (Å²) in [5, 5.41) is 39.4. The second-order valence-electron chi connectivity index (χ2n) is 10.2. The Labute approximate surface area is 261 Å². The number of carbonyl (C=O) groups is 3. The Bertz CT molecular complexity index is 1410. The first-order chi connectivity index (χ1) is 19.6. The normalized spacial score (nSPS) is 19.2. The van der Waals surface area contributed by atoms with Crippen LogP contribution >= 0.6 is 24.8 Å². The lowest BCUT2D eigenvalue weighted by Gasteiger charge is -2.25. The molecule has 4 atom stereocenters. The van der Waals surface area contributed by atoms with Crippen LogP contribution in [-0.4, -0.2) is 63.8 Å². The van der Waals surface area contributed by atoms with E-state index >= 15 is 0 Å². The summed E-state index contributed by atoms with van der Waals surface area (Å²) in [6, 6.07) is 15.5. The van der Waals surface area contributed by atoms with Crippen molar-refractivity contribution in [3.63, 3.8) is 0 Å². The number of phenolic OH excluding ortho intramolecular Hbond substituents is 2. The molecule has 0 saturated heterocycles. The van der Waals surface area contributed by atoms with Crippen molar-refractivity contribution in [2.75, 3.05) is 6.54 Å². The van der Waals surface area contributed by atoms with Crippen molar-refractivity contribution in [1.82, 2.24) is 16.0 Å². The number of fused-ring (bicyclic) bond motifs is 5. The first-order valence-electron chi connectivity index (χ1n) is 13.3. The maximum atomic E-state index is 13.5. The quantitative estimate of drug-likeness (QED) is 0.197. The van der Waals surface area contributed by atoms with Gasteiger partial charge in [-0.2, -0.15) is 0 Å². The Morgan fingerprint density at radius 1 is 0.884 bits per heavy atom. The first kappa shape index (κ1) is 35.3. The monoisotopic (exact) mass is 633 g/mol. The number of amides is 3. The lowest BCUT2D eigenvalue weighted by atomic mass is 9.95. The summed E-state index contributed by atoms with van der Waals surface area (Å²) in [7, 11) is 0. The Kier molecular flexibility index (Phi) is 13.2. The maximum absolute atomic E-state index is 13.5. The van der Waals surface area contributed by atoms with Crippen LogP contribution in [0.15, 0.2) is 66.7 Å². The van der Waals surface area contributed by atoms with Crippen molar-refractivity contribution in [2.45, 2.75) is 50.0 Å². The molecule has 3 aromatic carbocycles. The zero-order chi connectivity index (χ0) is 29.5. The molecule has 0 saturated carbocycles. The highest BCUT2D eigenvalue weighted by molar-refractivity contribution is 5.93. The molecule has 1 heterocycles. The third-order valence-corrected chi connectivity index (χ3v) is 7.05. The number of hydrogen-bond donors (Lipinski definition) is 8. The van der Waals surface area contributed by atoms with Crippen LogP contribution in [-0.2, 0) is 33.8 Å². The van der Waals surface area contributed by atoms with Gasteiger partial charge in [0, 0.05) is 32.4 Å². The van der Waals surface area contributed by atoms with Gasteiger partial charge in [0.25, 0.3) is 0 Å². The van der Waals surface area contributed by atoms with E-state index in [4.69, 9.17) is 11.5 Å².